The number of nitrogens with zero attached hydrogens (tertiary/aromatic N) is 1. The number of Topliss-reactive ketones (excluding diaryl/α,β-unsaturated/α-hetero) is 1. The first-order valence-electron chi connectivity index (χ1n) is 6.70. The van der Waals surface area contributed by atoms with Gasteiger partial charge in [-0.3, -0.25) is 14.7 Å². The van der Waals surface area contributed by atoms with Gasteiger partial charge in [-0.1, -0.05) is 12.1 Å². The Bertz CT molecular complexity index is 693. The smallest absolute Gasteiger partial charge is 0.226 e. The van der Waals surface area contributed by atoms with Crippen LogP contribution in [0.2, 0.25) is 0 Å². The van der Waals surface area contributed by atoms with E-state index in [1.54, 1.807) is 24.3 Å². The van der Waals surface area contributed by atoms with Gasteiger partial charge >= 0.3 is 0 Å². The van der Waals surface area contributed by atoms with Crippen LogP contribution in [0.1, 0.15) is 21.7 Å². The third kappa shape index (κ3) is 2.79. The number of hydrogen-bond acceptors (Lipinski definition) is 4. The zero-order valence-electron chi connectivity index (χ0n) is 11.6. The van der Waals surface area contributed by atoms with Crippen LogP contribution in [0.15, 0.2) is 30.3 Å². The average Bonchev–Trinajstić information content (AvgIpc) is 2.87. The van der Waals surface area contributed by atoms with Crippen molar-refractivity contribution in [1.82, 2.24) is 15.5 Å². The van der Waals surface area contributed by atoms with Crippen molar-refractivity contribution in [3.63, 3.8) is 0 Å². The predicted molar refractivity (Wildman–Crippen MR) is 75.2 cm³/mol. The number of benzene rings is 1. The summed E-state index contributed by atoms with van der Waals surface area (Å²) in [6, 6.07) is 8.19. The van der Waals surface area contributed by atoms with Gasteiger partial charge in [0.2, 0.25) is 5.91 Å². The topological polar surface area (TPSA) is 84.1 Å². The summed E-state index contributed by atoms with van der Waals surface area (Å²) in [7, 11) is 0. The number of ketones is 1. The fourth-order valence-corrected chi connectivity index (χ4v) is 2.31. The molecule has 1 aliphatic heterocycles. The molecule has 2 N–H and O–H groups in total. The molecule has 0 radical (unpaired) electrons. The van der Waals surface area contributed by atoms with Crippen LogP contribution in [-0.2, 0) is 11.2 Å². The number of H-pyrrole nitrogens is 1. The Morgan fingerprint density at radius 1 is 1.48 bits per heavy atom. The largest absolute Gasteiger partial charge is 0.490 e. The average molecular weight is 285 g/mol. The van der Waals surface area contributed by atoms with E-state index in [9.17, 15) is 9.59 Å². The molecule has 0 bridgehead atoms. The molecule has 0 spiro atoms. The van der Waals surface area contributed by atoms with Gasteiger partial charge in [-0.2, -0.15) is 5.10 Å². The number of aromatic nitrogens is 2. The molecule has 6 heteroatoms. The van der Waals surface area contributed by atoms with Gasteiger partial charge in [0.1, 0.15) is 18.4 Å². The van der Waals surface area contributed by atoms with Crippen LogP contribution < -0.4 is 10.1 Å². The summed E-state index contributed by atoms with van der Waals surface area (Å²) in [5.41, 5.74) is 2.04. The van der Waals surface area contributed by atoms with Crippen molar-refractivity contribution in [1.29, 1.82) is 0 Å². The monoisotopic (exact) mass is 285 g/mol. The van der Waals surface area contributed by atoms with Gasteiger partial charge in [-0.25, -0.2) is 0 Å². The number of hydrogen-bond donors (Lipinski definition) is 2. The highest BCUT2D eigenvalue weighted by molar-refractivity contribution is 6.05. The van der Waals surface area contributed by atoms with Crippen molar-refractivity contribution >= 4 is 11.7 Å². The highest BCUT2D eigenvalue weighted by atomic mass is 16.5. The number of nitrogens with one attached hydrogen (secondary N) is 2. The Labute approximate surface area is 121 Å². The number of aryl methyl sites for hydroxylation is 1. The Hall–Kier alpha value is -2.63. The predicted octanol–water partition coefficient (Wildman–Crippen LogP) is 1.02. The number of ether oxygens (including phenoxy) is 1. The van der Waals surface area contributed by atoms with E-state index in [0.717, 1.165) is 5.69 Å². The third-order valence-corrected chi connectivity index (χ3v) is 3.31. The highest BCUT2D eigenvalue weighted by Gasteiger charge is 2.29. The summed E-state index contributed by atoms with van der Waals surface area (Å²) >= 11 is 0. The van der Waals surface area contributed by atoms with Gasteiger partial charge in [0.25, 0.3) is 0 Å². The summed E-state index contributed by atoms with van der Waals surface area (Å²) in [4.78, 5) is 24.3. The first-order valence-corrected chi connectivity index (χ1v) is 6.70. The molecule has 1 aromatic heterocycles. The number of carbonyl (C=O) groups excluding carboxylic acids is 2. The number of carbonyl (C=O) groups is 2. The molecule has 1 aliphatic rings. The zero-order chi connectivity index (χ0) is 14.8. The summed E-state index contributed by atoms with van der Waals surface area (Å²) in [5, 5.41) is 9.48. The second-order valence-corrected chi connectivity index (χ2v) is 5.01. The van der Waals surface area contributed by atoms with E-state index in [-0.39, 0.29) is 24.7 Å². The molecule has 0 aliphatic carbocycles. The number of aromatic amines is 1. The Morgan fingerprint density at radius 3 is 3.05 bits per heavy atom. The fourth-order valence-electron chi connectivity index (χ4n) is 2.31. The van der Waals surface area contributed by atoms with Crippen LogP contribution in [0.25, 0.3) is 0 Å². The van der Waals surface area contributed by atoms with Crippen LogP contribution in [0, 0.1) is 6.92 Å². The minimum absolute atomic E-state index is 0.122. The zero-order valence-corrected chi connectivity index (χ0v) is 11.6. The van der Waals surface area contributed by atoms with Crippen molar-refractivity contribution in [2.45, 2.75) is 19.4 Å². The van der Waals surface area contributed by atoms with Crippen molar-refractivity contribution in [3.8, 4) is 5.75 Å². The maximum Gasteiger partial charge on any atom is 0.226 e. The van der Waals surface area contributed by atoms with Crippen LogP contribution in [0.3, 0.4) is 0 Å². The number of para-hydroxylation sites is 1. The maximum absolute atomic E-state index is 12.3. The van der Waals surface area contributed by atoms with E-state index < -0.39 is 6.04 Å². The molecule has 0 saturated carbocycles. The van der Waals surface area contributed by atoms with Gasteiger partial charge in [0.05, 0.1) is 17.7 Å². The minimum Gasteiger partial charge on any atom is -0.490 e. The quantitative estimate of drug-likeness (QED) is 0.882. The van der Waals surface area contributed by atoms with E-state index in [4.69, 9.17) is 4.74 Å². The van der Waals surface area contributed by atoms with Gasteiger partial charge in [-0.05, 0) is 25.1 Å². The molecule has 1 atom stereocenters. The molecule has 6 nitrogen and oxygen atoms in total. The molecule has 1 amide bonds. The van der Waals surface area contributed by atoms with Crippen LogP contribution in [-0.4, -0.2) is 34.5 Å². The van der Waals surface area contributed by atoms with Crippen LogP contribution >= 0.6 is 0 Å². The van der Waals surface area contributed by atoms with Gasteiger partial charge in [0.15, 0.2) is 5.78 Å². The van der Waals surface area contributed by atoms with Crippen LogP contribution in [0.4, 0.5) is 0 Å². The van der Waals surface area contributed by atoms with Crippen LogP contribution in [0.5, 0.6) is 5.75 Å². The molecule has 2 aromatic rings. The van der Waals surface area contributed by atoms with Crippen molar-refractivity contribution < 1.29 is 14.3 Å². The summed E-state index contributed by atoms with van der Waals surface area (Å²) < 4.78 is 5.50. The highest BCUT2D eigenvalue weighted by Crippen LogP contribution is 2.23. The summed E-state index contributed by atoms with van der Waals surface area (Å²) in [6.45, 7) is 2.02. The standard InChI is InChI=1S/C15H15N3O3/c1-9-6-10(18-17-9)7-14(19)16-12-8-21-13-5-3-2-4-11(13)15(12)20/h2-6,12H,7-8H2,1H3,(H,16,19)(H,17,18). The molecular formula is C15H15N3O3. The van der Waals surface area contributed by atoms with E-state index in [1.165, 1.54) is 0 Å². The van der Waals surface area contributed by atoms with Gasteiger partial charge in [-0.15, -0.1) is 0 Å². The van der Waals surface area contributed by atoms with Crippen molar-refractivity contribution in [2.75, 3.05) is 6.61 Å². The van der Waals surface area contributed by atoms with Crippen molar-refractivity contribution in [3.05, 3.63) is 47.3 Å². The van der Waals surface area contributed by atoms with Gasteiger partial charge in [0, 0.05) is 5.69 Å². The normalized spacial score (nSPS) is 17.0. The number of amides is 1. The Kier molecular flexibility index (Phi) is 3.43. The van der Waals surface area contributed by atoms with Gasteiger partial charge < -0.3 is 10.1 Å². The molecule has 0 saturated heterocycles. The molecule has 1 aromatic carbocycles. The summed E-state index contributed by atoms with van der Waals surface area (Å²) in [6.07, 6.45) is 0.135. The lowest BCUT2D eigenvalue weighted by atomic mass is 10.0. The molecule has 108 valence electrons. The maximum atomic E-state index is 12.3. The lowest BCUT2D eigenvalue weighted by Gasteiger charge is -2.24. The molecule has 21 heavy (non-hydrogen) atoms. The van der Waals surface area contributed by atoms with E-state index >= 15 is 0 Å². The van der Waals surface area contributed by atoms with E-state index in [2.05, 4.69) is 15.5 Å². The molecule has 0 fully saturated rings. The lowest BCUT2D eigenvalue weighted by Crippen LogP contribution is -2.47. The molecule has 1 unspecified atom stereocenters. The molecule has 3 rings (SSSR count). The third-order valence-electron chi connectivity index (χ3n) is 3.31. The fraction of sp³-hybridized carbons (Fsp3) is 0.267. The number of fused-ring (bicyclic) bond motifs is 1. The first kappa shape index (κ1) is 13.4. The second-order valence-electron chi connectivity index (χ2n) is 5.01. The number of rotatable bonds is 3. The van der Waals surface area contributed by atoms with Crippen molar-refractivity contribution in [2.24, 2.45) is 0 Å². The first-order chi connectivity index (χ1) is 10.1. The minimum atomic E-state index is -0.646. The summed E-state index contributed by atoms with van der Waals surface area (Å²) in [5.74, 6) is 0.196. The SMILES string of the molecule is Cc1cc(CC(=O)NC2COc3ccccc3C2=O)n[nH]1. The molecule has 2 heterocycles. The lowest BCUT2D eigenvalue weighted by molar-refractivity contribution is -0.121. The Balaban J connectivity index is 1.66. The molecular weight excluding hydrogens is 270 g/mol. The Morgan fingerprint density at radius 2 is 2.29 bits per heavy atom. The van der Waals surface area contributed by atoms with E-state index in [0.29, 0.717) is 17.0 Å². The second kappa shape index (κ2) is 5.40. The van der Waals surface area contributed by atoms with E-state index in [1.807, 2.05) is 13.0 Å².